The lowest BCUT2D eigenvalue weighted by Gasteiger charge is -2.31. The van der Waals surface area contributed by atoms with Gasteiger partial charge in [0.15, 0.2) is 0 Å². The summed E-state index contributed by atoms with van der Waals surface area (Å²) >= 11 is 0. The summed E-state index contributed by atoms with van der Waals surface area (Å²) in [7, 11) is 0. The molecule has 0 radical (unpaired) electrons. The summed E-state index contributed by atoms with van der Waals surface area (Å²) in [5.41, 5.74) is 0. The van der Waals surface area contributed by atoms with Gasteiger partial charge in [-0.1, -0.05) is 0 Å². The molecule has 0 bridgehead atoms. The SMILES string of the molecule is CCOC(=O)N1CCC(NC(=O)CC(=O)NCc2ccco2)CC1. The Morgan fingerprint density at radius 2 is 2.04 bits per heavy atom. The highest BCUT2D eigenvalue weighted by Gasteiger charge is 2.24. The number of likely N-dealkylation sites (tertiary alicyclic amines) is 1. The van der Waals surface area contributed by atoms with Crippen molar-refractivity contribution in [3.8, 4) is 0 Å². The van der Waals surface area contributed by atoms with Crippen LogP contribution in [0.2, 0.25) is 0 Å². The molecule has 1 aliphatic heterocycles. The molecule has 0 atom stereocenters. The minimum atomic E-state index is -0.354. The first-order valence-corrected chi connectivity index (χ1v) is 8.08. The summed E-state index contributed by atoms with van der Waals surface area (Å²) in [6.45, 7) is 3.45. The molecule has 1 fully saturated rings. The molecule has 0 unspecified atom stereocenters. The van der Waals surface area contributed by atoms with E-state index in [1.807, 2.05) is 0 Å². The Kier molecular flexibility index (Phi) is 6.65. The Morgan fingerprint density at radius 3 is 2.67 bits per heavy atom. The number of ether oxygens (including phenoxy) is 1. The van der Waals surface area contributed by atoms with E-state index in [0.29, 0.717) is 38.3 Å². The molecule has 0 aliphatic carbocycles. The van der Waals surface area contributed by atoms with Crippen LogP contribution >= 0.6 is 0 Å². The molecule has 8 nitrogen and oxygen atoms in total. The molecule has 2 N–H and O–H groups in total. The average molecular weight is 337 g/mol. The van der Waals surface area contributed by atoms with Gasteiger partial charge in [0.25, 0.3) is 0 Å². The molecule has 1 saturated heterocycles. The molecule has 8 heteroatoms. The van der Waals surface area contributed by atoms with E-state index < -0.39 is 0 Å². The molecular weight excluding hydrogens is 314 g/mol. The van der Waals surface area contributed by atoms with Crippen molar-refractivity contribution in [1.29, 1.82) is 0 Å². The molecule has 1 aliphatic rings. The number of carbonyl (C=O) groups is 3. The van der Waals surface area contributed by atoms with Crippen LogP contribution in [0, 0.1) is 0 Å². The Morgan fingerprint density at radius 1 is 1.29 bits per heavy atom. The zero-order valence-electron chi connectivity index (χ0n) is 13.7. The Hall–Kier alpha value is -2.51. The van der Waals surface area contributed by atoms with Crippen molar-refractivity contribution < 1.29 is 23.5 Å². The van der Waals surface area contributed by atoms with Crippen molar-refractivity contribution in [2.24, 2.45) is 0 Å². The second-order valence-electron chi connectivity index (χ2n) is 5.56. The van der Waals surface area contributed by atoms with E-state index in [1.165, 1.54) is 6.26 Å². The van der Waals surface area contributed by atoms with Gasteiger partial charge in [0, 0.05) is 19.1 Å². The lowest BCUT2D eigenvalue weighted by Crippen LogP contribution is -2.47. The molecule has 1 aromatic rings. The van der Waals surface area contributed by atoms with Gasteiger partial charge in [-0.25, -0.2) is 4.79 Å². The molecule has 24 heavy (non-hydrogen) atoms. The zero-order chi connectivity index (χ0) is 17.4. The van der Waals surface area contributed by atoms with E-state index in [-0.39, 0.29) is 36.9 Å². The Labute approximate surface area is 140 Å². The minimum absolute atomic E-state index is 0.0268. The quantitative estimate of drug-likeness (QED) is 0.755. The number of rotatable bonds is 6. The number of hydrogen-bond donors (Lipinski definition) is 2. The third-order valence-electron chi connectivity index (χ3n) is 3.75. The van der Waals surface area contributed by atoms with Crippen LogP contribution in [0.5, 0.6) is 0 Å². The van der Waals surface area contributed by atoms with Gasteiger partial charge in [0.05, 0.1) is 19.4 Å². The van der Waals surface area contributed by atoms with Crippen molar-refractivity contribution in [3.05, 3.63) is 24.2 Å². The zero-order valence-corrected chi connectivity index (χ0v) is 13.7. The lowest BCUT2D eigenvalue weighted by molar-refractivity contribution is -0.129. The number of carbonyl (C=O) groups excluding carboxylic acids is 3. The molecular formula is C16H23N3O5. The fourth-order valence-corrected chi connectivity index (χ4v) is 2.51. The Balaban J connectivity index is 1.64. The van der Waals surface area contributed by atoms with Crippen LogP contribution in [0.25, 0.3) is 0 Å². The van der Waals surface area contributed by atoms with Crippen LogP contribution in [-0.4, -0.2) is 48.5 Å². The smallest absolute Gasteiger partial charge is 0.409 e. The van der Waals surface area contributed by atoms with Crippen molar-refractivity contribution in [2.75, 3.05) is 19.7 Å². The number of furan rings is 1. The molecule has 0 spiro atoms. The largest absolute Gasteiger partial charge is 0.467 e. The first kappa shape index (κ1) is 17.8. The highest BCUT2D eigenvalue weighted by atomic mass is 16.6. The maximum Gasteiger partial charge on any atom is 0.409 e. The summed E-state index contributed by atoms with van der Waals surface area (Å²) in [5, 5.41) is 5.46. The van der Waals surface area contributed by atoms with Crippen LogP contribution < -0.4 is 10.6 Å². The second kappa shape index (κ2) is 8.95. The predicted octanol–water partition coefficient (Wildman–Crippen LogP) is 1.02. The molecule has 1 aromatic heterocycles. The first-order chi connectivity index (χ1) is 11.6. The number of piperidine rings is 1. The highest BCUT2D eigenvalue weighted by molar-refractivity contribution is 5.96. The van der Waals surface area contributed by atoms with Crippen LogP contribution in [0.4, 0.5) is 4.79 Å². The van der Waals surface area contributed by atoms with Crippen LogP contribution in [-0.2, 0) is 20.9 Å². The molecule has 2 rings (SSSR count). The minimum Gasteiger partial charge on any atom is -0.467 e. The third-order valence-corrected chi connectivity index (χ3v) is 3.75. The van der Waals surface area contributed by atoms with E-state index in [4.69, 9.17) is 9.15 Å². The maximum absolute atomic E-state index is 11.9. The first-order valence-electron chi connectivity index (χ1n) is 8.08. The Bertz CT molecular complexity index is 550. The summed E-state index contributed by atoms with van der Waals surface area (Å²) in [5.74, 6) is -0.0375. The molecule has 0 aromatic carbocycles. The number of nitrogens with one attached hydrogen (secondary N) is 2. The predicted molar refractivity (Wildman–Crippen MR) is 84.9 cm³/mol. The lowest BCUT2D eigenvalue weighted by atomic mass is 10.1. The average Bonchev–Trinajstić information content (AvgIpc) is 3.07. The van der Waals surface area contributed by atoms with E-state index in [9.17, 15) is 14.4 Å². The van der Waals surface area contributed by atoms with Gasteiger partial charge in [-0.2, -0.15) is 0 Å². The number of hydrogen-bond acceptors (Lipinski definition) is 5. The molecule has 2 heterocycles. The van der Waals surface area contributed by atoms with Gasteiger partial charge in [-0.05, 0) is 31.9 Å². The van der Waals surface area contributed by atoms with Crippen LogP contribution in [0.15, 0.2) is 22.8 Å². The van der Waals surface area contributed by atoms with Crippen LogP contribution in [0.1, 0.15) is 31.9 Å². The van der Waals surface area contributed by atoms with E-state index in [2.05, 4.69) is 10.6 Å². The third kappa shape index (κ3) is 5.60. The van der Waals surface area contributed by atoms with Crippen molar-refractivity contribution in [2.45, 2.75) is 38.8 Å². The number of amides is 3. The number of nitrogens with zero attached hydrogens (tertiary/aromatic N) is 1. The second-order valence-corrected chi connectivity index (χ2v) is 5.56. The molecule has 0 saturated carbocycles. The van der Waals surface area contributed by atoms with Crippen molar-refractivity contribution in [3.63, 3.8) is 0 Å². The summed E-state index contributed by atoms with van der Waals surface area (Å²) in [6, 6.07) is 3.45. The normalized spacial score (nSPS) is 15.0. The maximum atomic E-state index is 11.9. The fourth-order valence-electron chi connectivity index (χ4n) is 2.51. The monoisotopic (exact) mass is 337 g/mol. The molecule has 132 valence electrons. The fraction of sp³-hybridized carbons (Fsp3) is 0.562. The van der Waals surface area contributed by atoms with E-state index >= 15 is 0 Å². The molecule has 3 amide bonds. The van der Waals surface area contributed by atoms with Gasteiger partial charge >= 0.3 is 6.09 Å². The van der Waals surface area contributed by atoms with Gasteiger partial charge < -0.3 is 24.7 Å². The summed E-state index contributed by atoms with van der Waals surface area (Å²) in [4.78, 5) is 36.8. The van der Waals surface area contributed by atoms with Gasteiger partial charge in [-0.15, -0.1) is 0 Å². The van der Waals surface area contributed by atoms with Gasteiger partial charge in [0.1, 0.15) is 12.2 Å². The van der Waals surface area contributed by atoms with E-state index in [1.54, 1.807) is 24.0 Å². The van der Waals surface area contributed by atoms with Crippen molar-refractivity contribution in [1.82, 2.24) is 15.5 Å². The standard InChI is InChI=1S/C16H23N3O5/c1-2-23-16(22)19-7-5-12(6-8-19)18-15(21)10-14(20)17-11-13-4-3-9-24-13/h3-4,9,12H,2,5-8,10-11H2,1H3,(H,17,20)(H,18,21). The van der Waals surface area contributed by atoms with E-state index in [0.717, 1.165) is 0 Å². The van der Waals surface area contributed by atoms with Gasteiger partial charge in [0.2, 0.25) is 11.8 Å². The van der Waals surface area contributed by atoms with Gasteiger partial charge in [-0.3, -0.25) is 9.59 Å². The topological polar surface area (TPSA) is 101 Å². The summed E-state index contributed by atoms with van der Waals surface area (Å²) in [6.07, 6.45) is 2.28. The summed E-state index contributed by atoms with van der Waals surface area (Å²) < 4.78 is 10.0. The highest BCUT2D eigenvalue weighted by Crippen LogP contribution is 2.11. The van der Waals surface area contributed by atoms with Crippen molar-refractivity contribution >= 4 is 17.9 Å². The van der Waals surface area contributed by atoms with Crippen LogP contribution in [0.3, 0.4) is 0 Å².